The minimum atomic E-state index is -1.82. The largest absolute Gasteiger partial charge is 0.481 e. The maximum atomic E-state index is 14.2. The molecule has 5 N–H and O–H groups in total. The van der Waals surface area contributed by atoms with E-state index in [1.807, 2.05) is 13.8 Å². The number of rotatable bonds is 7. The van der Waals surface area contributed by atoms with Crippen molar-refractivity contribution >= 4 is 29.3 Å². The fraction of sp³-hybridized carbons (Fsp3) is 0.651. The molecule has 14 atom stereocenters. The lowest BCUT2D eigenvalue weighted by Gasteiger charge is -2.48. The Morgan fingerprint density at radius 2 is 1.69 bits per heavy atom. The Morgan fingerprint density at radius 1 is 1.05 bits per heavy atom. The molecule has 2 aliphatic heterocycles. The van der Waals surface area contributed by atoms with E-state index in [-0.39, 0.29) is 24.8 Å². The van der Waals surface area contributed by atoms with E-state index in [1.54, 1.807) is 95.2 Å². The predicted molar refractivity (Wildman–Crippen MR) is 219 cm³/mol. The van der Waals surface area contributed by atoms with Crippen LogP contribution in [0.1, 0.15) is 80.2 Å². The number of para-hydroxylation sites is 1. The monoisotopic (exact) mass is 830 g/mol. The number of nitriles is 1. The van der Waals surface area contributed by atoms with Crippen LogP contribution >= 0.6 is 11.6 Å². The number of hydrogen-bond acceptors (Lipinski definition) is 12. The highest BCUT2D eigenvalue weighted by Gasteiger charge is 2.51. The molecule has 2 aliphatic rings. The van der Waals surface area contributed by atoms with Crippen molar-refractivity contribution in [1.29, 1.82) is 5.26 Å². The Kier molecular flexibility index (Phi) is 16.0. The lowest BCUT2D eigenvalue weighted by Crippen LogP contribution is -2.62. The lowest BCUT2D eigenvalue weighted by molar-refractivity contribution is -0.293. The molecule has 4 rings (SSSR count). The van der Waals surface area contributed by atoms with Gasteiger partial charge in [0.25, 0.3) is 0 Å². The normalized spacial score (nSPS) is 36.7. The molecule has 2 heterocycles. The lowest BCUT2D eigenvalue weighted by atomic mass is 9.78. The molecular weight excluding hydrogens is 768 g/mol. The number of carbonyl (C=O) groups is 2. The summed E-state index contributed by atoms with van der Waals surface area (Å²) in [5.41, 5.74) is -2.45. The zero-order valence-corrected chi connectivity index (χ0v) is 36.1. The van der Waals surface area contributed by atoms with Gasteiger partial charge in [-0.3, -0.25) is 9.69 Å². The highest BCUT2D eigenvalue weighted by atomic mass is 35.5. The summed E-state index contributed by atoms with van der Waals surface area (Å²) in [6.07, 6.45) is -7.08. The summed E-state index contributed by atoms with van der Waals surface area (Å²) in [4.78, 5) is 30.8. The highest BCUT2D eigenvalue weighted by molar-refractivity contribution is 6.32. The molecule has 15 heteroatoms. The van der Waals surface area contributed by atoms with E-state index in [1.165, 1.54) is 18.7 Å². The third-order valence-electron chi connectivity index (χ3n) is 11.9. The van der Waals surface area contributed by atoms with E-state index < -0.39 is 84.0 Å². The van der Waals surface area contributed by atoms with Crippen LogP contribution in [0.2, 0.25) is 5.02 Å². The van der Waals surface area contributed by atoms with Crippen molar-refractivity contribution in [1.82, 2.24) is 10.2 Å². The topological polar surface area (TPSA) is 194 Å². The Hall–Kier alpha value is -3.52. The van der Waals surface area contributed by atoms with E-state index in [9.17, 15) is 35.3 Å². The van der Waals surface area contributed by atoms with Crippen molar-refractivity contribution in [3.05, 3.63) is 59.1 Å². The minimum Gasteiger partial charge on any atom is -0.481 e. The van der Waals surface area contributed by atoms with Crippen molar-refractivity contribution in [2.45, 2.75) is 141 Å². The summed E-state index contributed by atoms with van der Waals surface area (Å²) >= 11 is 6.61. The number of ether oxygens (including phenoxy) is 4. The van der Waals surface area contributed by atoms with Crippen LogP contribution in [0.3, 0.4) is 0 Å². The zero-order chi connectivity index (χ0) is 43.3. The van der Waals surface area contributed by atoms with Crippen LogP contribution in [0.15, 0.2) is 48.5 Å². The van der Waals surface area contributed by atoms with Gasteiger partial charge in [-0.05, 0) is 103 Å². The van der Waals surface area contributed by atoms with E-state index in [0.717, 1.165) is 0 Å². The Morgan fingerprint density at radius 3 is 2.29 bits per heavy atom. The number of halogens is 1. The molecule has 14 nitrogen and oxygen atoms in total. The summed E-state index contributed by atoms with van der Waals surface area (Å²) in [6.45, 7) is 13.7. The predicted octanol–water partition coefficient (Wildman–Crippen LogP) is 4.87. The first-order chi connectivity index (χ1) is 27.1. The standard InChI is InChI=1S/C43H63ClN4O10/c1-11-34-43(8,54)37(50)28(6)46-23-24(2)21-42(7,53)38(26(4)35(49)27(5)39(51)57-34)58-40-36(56-33-15-13-12-14-31(33)44)32(20-25(3)55-40)48(10)41(52)47(9)30-18-16-29(22-45)17-19-30/h12-19,24-28,32,34-38,40,46,49-50,53-54H,11,20-21,23H2,1-10H3/t24-,25-,26+,27-,28-,32+,34-,35+,36-,37-,38-,40+,42-,43-/m1/s1. The van der Waals surface area contributed by atoms with Crippen molar-refractivity contribution < 1.29 is 49.0 Å². The molecule has 0 aliphatic carbocycles. The molecule has 58 heavy (non-hydrogen) atoms. The van der Waals surface area contributed by atoms with Crippen LogP contribution < -0.4 is 15.0 Å². The van der Waals surface area contributed by atoms with Gasteiger partial charge < -0.3 is 49.6 Å². The molecule has 2 aromatic carbocycles. The number of amides is 2. The van der Waals surface area contributed by atoms with Gasteiger partial charge in [0.1, 0.15) is 23.6 Å². The van der Waals surface area contributed by atoms with Gasteiger partial charge in [-0.25, -0.2) is 4.79 Å². The number of carbonyl (C=O) groups excluding carboxylic acids is 2. The summed E-state index contributed by atoms with van der Waals surface area (Å²) in [7, 11) is 3.28. The zero-order valence-electron chi connectivity index (χ0n) is 35.3. The number of likely N-dealkylation sites (N-methyl/N-ethyl adjacent to an activating group) is 1. The minimum absolute atomic E-state index is 0.146. The summed E-state index contributed by atoms with van der Waals surface area (Å²) in [6, 6.07) is 13.9. The molecule has 2 fully saturated rings. The Balaban J connectivity index is 1.76. The maximum Gasteiger partial charge on any atom is 0.324 e. The van der Waals surface area contributed by atoms with Gasteiger partial charge in [0, 0.05) is 31.7 Å². The molecule has 2 saturated heterocycles. The van der Waals surface area contributed by atoms with Gasteiger partial charge in [0.2, 0.25) is 0 Å². The summed E-state index contributed by atoms with van der Waals surface area (Å²) in [5.74, 6) is -2.77. The second kappa shape index (κ2) is 19.7. The molecule has 0 spiro atoms. The molecule has 0 unspecified atom stereocenters. The fourth-order valence-electron chi connectivity index (χ4n) is 8.28. The first kappa shape index (κ1) is 47.2. The Labute approximate surface area is 348 Å². The fourth-order valence-corrected chi connectivity index (χ4v) is 8.46. The number of urea groups is 1. The van der Waals surface area contributed by atoms with Crippen LogP contribution in [0, 0.1) is 29.1 Å². The van der Waals surface area contributed by atoms with Gasteiger partial charge in [-0.1, -0.05) is 44.5 Å². The number of aliphatic hydroxyl groups excluding tert-OH is 2. The van der Waals surface area contributed by atoms with E-state index >= 15 is 0 Å². The SMILES string of the molecule is CC[C@H]1OC(=O)[C@H](C)[C@@H](O)[C@H](C)[C@@H](O[C@@H]2O[C@H](C)C[C@H](N(C)C(=O)N(C)c3ccc(C#N)cc3)[C@H]2Oc2ccccc2Cl)[C@](C)(O)C[C@@H](C)CN[C@H](C)[C@@H](O)[C@]1(C)O. The molecule has 2 aromatic rings. The number of benzene rings is 2. The summed E-state index contributed by atoms with van der Waals surface area (Å²) in [5, 5.41) is 59.8. The molecule has 0 bridgehead atoms. The third-order valence-corrected chi connectivity index (χ3v) is 12.2. The van der Waals surface area contributed by atoms with Crippen LogP contribution in [0.25, 0.3) is 0 Å². The van der Waals surface area contributed by atoms with E-state index in [0.29, 0.717) is 35.0 Å². The van der Waals surface area contributed by atoms with Gasteiger partial charge in [-0.2, -0.15) is 5.26 Å². The molecule has 0 radical (unpaired) electrons. The molecule has 0 saturated carbocycles. The van der Waals surface area contributed by atoms with Crippen LogP contribution in [-0.4, -0.2) is 124 Å². The molecular formula is C43H63ClN4O10. The van der Waals surface area contributed by atoms with Gasteiger partial charge in [-0.15, -0.1) is 0 Å². The van der Waals surface area contributed by atoms with Gasteiger partial charge >= 0.3 is 12.0 Å². The average molecular weight is 831 g/mol. The highest BCUT2D eigenvalue weighted by Crippen LogP contribution is 2.38. The number of hydrogen-bond donors (Lipinski definition) is 5. The molecule has 0 aromatic heterocycles. The van der Waals surface area contributed by atoms with Gasteiger partial charge in [0.15, 0.2) is 12.4 Å². The van der Waals surface area contributed by atoms with Crippen LogP contribution in [0.5, 0.6) is 5.75 Å². The smallest absolute Gasteiger partial charge is 0.324 e. The van der Waals surface area contributed by atoms with Crippen molar-refractivity contribution in [3.8, 4) is 11.8 Å². The number of esters is 1. The van der Waals surface area contributed by atoms with Crippen LogP contribution in [-0.2, 0) is 19.0 Å². The molecule has 2 amide bonds. The molecule has 322 valence electrons. The second-order valence-corrected chi connectivity index (χ2v) is 17.2. The first-order valence-corrected chi connectivity index (χ1v) is 20.5. The van der Waals surface area contributed by atoms with Crippen LogP contribution in [0.4, 0.5) is 10.5 Å². The van der Waals surface area contributed by atoms with Crippen molar-refractivity contribution in [3.63, 3.8) is 0 Å². The number of aliphatic hydroxyl groups is 4. The average Bonchev–Trinajstić information content (AvgIpc) is 3.19. The first-order valence-electron chi connectivity index (χ1n) is 20.1. The van der Waals surface area contributed by atoms with Gasteiger partial charge in [0.05, 0.1) is 52.5 Å². The van der Waals surface area contributed by atoms with Crippen molar-refractivity contribution in [2.75, 3.05) is 25.5 Å². The van der Waals surface area contributed by atoms with E-state index in [4.69, 9.17) is 30.5 Å². The second-order valence-electron chi connectivity index (χ2n) is 16.8. The third kappa shape index (κ3) is 10.8. The number of anilines is 1. The number of nitrogens with zero attached hydrogens (tertiary/aromatic N) is 3. The van der Waals surface area contributed by atoms with Crippen molar-refractivity contribution in [2.24, 2.45) is 17.8 Å². The Bertz CT molecular complexity index is 1720. The number of nitrogens with one attached hydrogen (secondary N) is 1. The summed E-state index contributed by atoms with van der Waals surface area (Å²) < 4.78 is 25.7. The quantitative estimate of drug-likeness (QED) is 0.238. The number of cyclic esters (lactones) is 1. The van der Waals surface area contributed by atoms with E-state index in [2.05, 4.69) is 11.4 Å². The maximum absolute atomic E-state index is 14.2.